The van der Waals surface area contributed by atoms with Crippen molar-refractivity contribution in [2.24, 2.45) is 0 Å². The highest BCUT2D eigenvalue weighted by Gasteiger charge is 2.18. The van der Waals surface area contributed by atoms with Crippen LogP contribution in [0.3, 0.4) is 0 Å². The predicted molar refractivity (Wildman–Crippen MR) is 94.1 cm³/mol. The Morgan fingerprint density at radius 1 is 1.23 bits per heavy atom. The highest BCUT2D eigenvalue weighted by molar-refractivity contribution is 8.23. The van der Waals surface area contributed by atoms with Crippen LogP contribution in [0.25, 0.3) is 5.69 Å². The third-order valence-corrected chi connectivity index (χ3v) is 5.40. The average molecular weight is 352 g/mol. The number of rotatable bonds is 2. The standard InChI is InChI=1S/C15H14ClN3OS2/c16-13-12(22-15(21)18-8-4-5-9-18)10-17-19(14(13)20)11-6-2-1-3-7-11/h1-3,6-7,10H,4-5,8-9H2. The second-order valence-electron chi connectivity index (χ2n) is 4.94. The molecule has 0 amide bonds. The van der Waals surface area contributed by atoms with Gasteiger partial charge in [-0.25, -0.2) is 0 Å². The van der Waals surface area contributed by atoms with E-state index >= 15 is 0 Å². The van der Waals surface area contributed by atoms with Gasteiger partial charge >= 0.3 is 0 Å². The molecular weight excluding hydrogens is 338 g/mol. The minimum absolute atomic E-state index is 0.158. The SMILES string of the molecule is O=c1c(Cl)c(SC(=S)N2CCCC2)cnn1-c1ccccc1. The summed E-state index contributed by atoms with van der Waals surface area (Å²) in [6.45, 7) is 1.94. The van der Waals surface area contributed by atoms with Gasteiger partial charge in [0.15, 0.2) is 0 Å². The fourth-order valence-corrected chi connectivity index (χ4v) is 3.77. The summed E-state index contributed by atoms with van der Waals surface area (Å²) in [6.07, 6.45) is 3.91. The topological polar surface area (TPSA) is 38.1 Å². The Balaban J connectivity index is 1.87. The Kier molecular flexibility index (Phi) is 4.81. The fourth-order valence-electron chi connectivity index (χ4n) is 2.30. The van der Waals surface area contributed by atoms with Crippen LogP contribution in [-0.2, 0) is 0 Å². The number of hydrogen-bond donors (Lipinski definition) is 0. The summed E-state index contributed by atoms with van der Waals surface area (Å²) in [6, 6.07) is 9.21. The minimum Gasteiger partial charge on any atom is -0.357 e. The molecule has 1 aliphatic heterocycles. The van der Waals surface area contributed by atoms with Gasteiger partial charge in [0.25, 0.3) is 5.56 Å². The summed E-state index contributed by atoms with van der Waals surface area (Å²) in [7, 11) is 0. The first-order valence-corrected chi connectivity index (χ1v) is 8.57. The maximum Gasteiger partial charge on any atom is 0.291 e. The number of nitrogens with zero attached hydrogens (tertiary/aromatic N) is 3. The van der Waals surface area contributed by atoms with Gasteiger partial charge in [-0.3, -0.25) is 4.79 Å². The molecule has 1 aliphatic rings. The van der Waals surface area contributed by atoms with E-state index < -0.39 is 0 Å². The zero-order chi connectivity index (χ0) is 15.5. The number of para-hydroxylation sites is 1. The number of thiocarbonyl (C=S) groups is 1. The molecule has 3 rings (SSSR count). The zero-order valence-corrected chi connectivity index (χ0v) is 14.1. The molecule has 0 bridgehead atoms. The van der Waals surface area contributed by atoms with Crippen LogP contribution in [0.15, 0.2) is 46.2 Å². The number of benzene rings is 1. The van der Waals surface area contributed by atoms with E-state index in [1.807, 2.05) is 30.3 Å². The molecule has 0 saturated carbocycles. The molecule has 1 aromatic heterocycles. The quantitative estimate of drug-likeness (QED) is 0.612. The van der Waals surface area contributed by atoms with E-state index in [1.165, 1.54) is 16.4 Å². The third kappa shape index (κ3) is 3.19. The molecule has 0 spiro atoms. The number of likely N-dealkylation sites (tertiary alicyclic amines) is 1. The van der Waals surface area contributed by atoms with Crippen molar-refractivity contribution < 1.29 is 0 Å². The maximum atomic E-state index is 12.4. The van der Waals surface area contributed by atoms with Gasteiger partial charge in [0, 0.05) is 13.1 Å². The lowest BCUT2D eigenvalue weighted by Crippen LogP contribution is -2.25. The number of aromatic nitrogens is 2. The maximum absolute atomic E-state index is 12.4. The molecule has 1 saturated heterocycles. The van der Waals surface area contributed by atoms with Gasteiger partial charge in [0.05, 0.1) is 16.8 Å². The van der Waals surface area contributed by atoms with Crippen LogP contribution < -0.4 is 5.56 Å². The van der Waals surface area contributed by atoms with Crippen LogP contribution >= 0.6 is 35.6 Å². The second kappa shape index (κ2) is 6.81. The Bertz CT molecular complexity index is 742. The Morgan fingerprint density at radius 2 is 1.91 bits per heavy atom. The molecule has 114 valence electrons. The Morgan fingerprint density at radius 3 is 2.59 bits per heavy atom. The molecule has 0 unspecified atom stereocenters. The molecule has 0 N–H and O–H groups in total. The fraction of sp³-hybridized carbons (Fsp3) is 0.267. The number of thioether (sulfide) groups is 1. The third-order valence-electron chi connectivity index (χ3n) is 3.45. The van der Waals surface area contributed by atoms with Crippen molar-refractivity contribution in [3.63, 3.8) is 0 Å². The first kappa shape index (κ1) is 15.5. The lowest BCUT2D eigenvalue weighted by Gasteiger charge is -2.17. The van der Waals surface area contributed by atoms with Crippen molar-refractivity contribution in [2.75, 3.05) is 13.1 Å². The molecule has 7 heteroatoms. The van der Waals surface area contributed by atoms with Crippen LogP contribution in [0.2, 0.25) is 5.02 Å². The average Bonchev–Trinajstić information content (AvgIpc) is 3.07. The van der Waals surface area contributed by atoms with Gasteiger partial charge < -0.3 is 4.90 Å². The van der Waals surface area contributed by atoms with Gasteiger partial charge in [0.2, 0.25) is 0 Å². The molecule has 1 fully saturated rings. The molecule has 22 heavy (non-hydrogen) atoms. The zero-order valence-electron chi connectivity index (χ0n) is 11.7. The summed E-state index contributed by atoms with van der Waals surface area (Å²) >= 11 is 13.0. The normalized spacial score (nSPS) is 14.3. The Hall–Kier alpha value is -1.37. The van der Waals surface area contributed by atoms with Crippen LogP contribution in [0, 0.1) is 0 Å². The molecule has 2 aromatic rings. The molecule has 2 heterocycles. The van der Waals surface area contributed by atoms with E-state index in [1.54, 1.807) is 6.20 Å². The van der Waals surface area contributed by atoms with Crippen molar-refractivity contribution >= 4 is 39.9 Å². The van der Waals surface area contributed by atoms with Crippen LogP contribution in [0.5, 0.6) is 0 Å². The van der Waals surface area contributed by atoms with E-state index in [2.05, 4.69) is 10.00 Å². The van der Waals surface area contributed by atoms with Crippen molar-refractivity contribution in [1.82, 2.24) is 14.7 Å². The van der Waals surface area contributed by atoms with Crippen LogP contribution in [-0.4, -0.2) is 32.1 Å². The number of halogens is 1. The van der Waals surface area contributed by atoms with Gasteiger partial charge in [-0.2, -0.15) is 9.78 Å². The predicted octanol–water partition coefficient (Wildman–Crippen LogP) is 3.36. The first-order valence-electron chi connectivity index (χ1n) is 6.97. The lowest BCUT2D eigenvalue weighted by atomic mass is 10.3. The molecule has 0 aliphatic carbocycles. The van der Waals surface area contributed by atoms with Crippen molar-refractivity contribution in [2.45, 2.75) is 17.7 Å². The summed E-state index contributed by atoms with van der Waals surface area (Å²) in [5, 5.41) is 4.37. The number of hydrogen-bond acceptors (Lipinski definition) is 4. The van der Waals surface area contributed by atoms with Crippen LogP contribution in [0.4, 0.5) is 0 Å². The summed E-state index contributed by atoms with van der Waals surface area (Å²) in [4.78, 5) is 15.1. The highest BCUT2D eigenvalue weighted by atomic mass is 35.5. The first-order chi connectivity index (χ1) is 10.7. The van der Waals surface area contributed by atoms with Crippen LogP contribution in [0.1, 0.15) is 12.8 Å². The van der Waals surface area contributed by atoms with Gasteiger partial charge in [-0.1, -0.05) is 53.8 Å². The summed E-state index contributed by atoms with van der Waals surface area (Å²) in [5.41, 5.74) is 0.357. The van der Waals surface area contributed by atoms with E-state index in [4.69, 9.17) is 23.8 Å². The van der Waals surface area contributed by atoms with E-state index in [0.717, 1.165) is 30.3 Å². The molecule has 4 nitrogen and oxygen atoms in total. The molecule has 0 atom stereocenters. The van der Waals surface area contributed by atoms with E-state index in [9.17, 15) is 4.79 Å². The minimum atomic E-state index is -0.331. The van der Waals surface area contributed by atoms with Crippen molar-refractivity contribution in [3.8, 4) is 5.69 Å². The van der Waals surface area contributed by atoms with Crippen molar-refractivity contribution in [3.05, 3.63) is 51.9 Å². The molecular formula is C15H14ClN3OS2. The molecule has 0 radical (unpaired) electrons. The largest absolute Gasteiger partial charge is 0.357 e. The van der Waals surface area contributed by atoms with E-state index in [0.29, 0.717) is 10.6 Å². The van der Waals surface area contributed by atoms with Gasteiger partial charge in [0.1, 0.15) is 9.34 Å². The Labute approximate surface area is 143 Å². The summed E-state index contributed by atoms with van der Waals surface area (Å²) in [5.74, 6) is 0. The van der Waals surface area contributed by atoms with E-state index in [-0.39, 0.29) is 10.6 Å². The van der Waals surface area contributed by atoms with Gasteiger partial charge in [-0.05, 0) is 25.0 Å². The second-order valence-corrected chi connectivity index (χ2v) is 6.99. The smallest absolute Gasteiger partial charge is 0.291 e. The monoisotopic (exact) mass is 351 g/mol. The van der Waals surface area contributed by atoms with Crippen molar-refractivity contribution in [1.29, 1.82) is 0 Å². The van der Waals surface area contributed by atoms with Gasteiger partial charge in [-0.15, -0.1) is 0 Å². The molecule has 1 aromatic carbocycles. The lowest BCUT2D eigenvalue weighted by molar-refractivity contribution is 0.539. The summed E-state index contributed by atoms with van der Waals surface area (Å²) < 4.78 is 2.05. The highest BCUT2D eigenvalue weighted by Crippen LogP contribution is 2.28.